The third-order valence-corrected chi connectivity index (χ3v) is 1.68. The van der Waals surface area contributed by atoms with Gasteiger partial charge < -0.3 is 17.0 Å². The zero-order valence-corrected chi connectivity index (χ0v) is 8.55. The molecule has 2 rings (SSSR count). The molecule has 0 unspecified atom stereocenters. The van der Waals surface area contributed by atoms with Crippen molar-refractivity contribution < 1.29 is 21.5 Å². The first-order chi connectivity index (χ1) is 5.97. The lowest BCUT2D eigenvalue weighted by Gasteiger charge is -1.91. The van der Waals surface area contributed by atoms with E-state index in [1.165, 1.54) is 0 Å². The molecule has 0 radical (unpaired) electrons. The summed E-state index contributed by atoms with van der Waals surface area (Å²) in [6.07, 6.45) is 7.59. The normalized spacial score (nSPS) is 8.92. The van der Waals surface area contributed by atoms with Crippen LogP contribution in [0.3, 0.4) is 0 Å². The van der Waals surface area contributed by atoms with E-state index in [1.807, 2.05) is 47.3 Å². The van der Waals surface area contributed by atoms with Gasteiger partial charge in [0.05, 0.1) is 0 Å². The fourth-order valence-corrected chi connectivity index (χ4v) is 1.09. The van der Waals surface area contributed by atoms with E-state index < -0.39 is 0 Å². The molecule has 0 spiro atoms. The second-order valence-electron chi connectivity index (χ2n) is 2.49. The van der Waals surface area contributed by atoms with E-state index in [0.29, 0.717) is 0 Å². The van der Waals surface area contributed by atoms with Gasteiger partial charge in [0.1, 0.15) is 0 Å². The van der Waals surface area contributed by atoms with Crippen LogP contribution in [0.1, 0.15) is 0 Å². The summed E-state index contributed by atoms with van der Waals surface area (Å²) in [7, 11) is 0. The standard InChI is InChI=1S/C10H9N2.BrH/c1-2-8-12(9-3-1)10-4-6-11-7-5-10;/h1-9H;1H/q+1;/p-1. The van der Waals surface area contributed by atoms with Gasteiger partial charge in [-0.3, -0.25) is 4.98 Å². The molecule has 13 heavy (non-hydrogen) atoms. The molecule has 0 atom stereocenters. The molecule has 0 bridgehead atoms. The molecule has 3 heteroatoms. The molecule has 0 saturated carbocycles. The predicted octanol–water partition coefficient (Wildman–Crippen LogP) is -1.64. The summed E-state index contributed by atoms with van der Waals surface area (Å²) in [4.78, 5) is 3.96. The number of rotatable bonds is 1. The third kappa shape index (κ3) is 2.36. The Balaban J connectivity index is 0.000000845. The molecule has 0 fully saturated rings. The Hall–Kier alpha value is -1.22. The summed E-state index contributed by atoms with van der Waals surface area (Å²) in [6, 6.07) is 9.94. The molecule has 0 amide bonds. The zero-order valence-electron chi connectivity index (χ0n) is 6.97. The summed E-state index contributed by atoms with van der Waals surface area (Å²) in [5, 5.41) is 0. The first-order valence-electron chi connectivity index (χ1n) is 3.83. The summed E-state index contributed by atoms with van der Waals surface area (Å²) in [6.45, 7) is 0. The quantitative estimate of drug-likeness (QED) is 0.544. The summed E-state index contributed by atoms with van der Waals surface area (Å²) in [5.74, 6) is 0. The van der Waals surface area contributed by atoms with Crippen LogP contribution in [-0.2, 0) is 0 Å². The molecule has 66 valence electrons. The van der Waals surface area contributed by atoms with Crippen LogP contribution in [0.25, 0.3) is 5.69 Å². The molecule has 0 aliphatic heterocycles. The van der Waals surface area contributed by atoms with Gasteiger partial charge in [-0.2, -0.15) is 4.57 Å². The number of nitrogens with zero attached hydrogens (tertiary/aromatic N) is 2. The molecule has 0 aliphatic rings. The maximum atomic E-state index is 3.96. The maximum absolute atomic E-state index is 3.96. The zero-order chi connectivity index (χ0) is 8.23. The Morgan fingerprint density at radius 1 is 0.923 bits per heavy atom. The van der Waals surface area contributed by atoms with Crippen LogP contribution in [0.4, 0.5) is 0 Å². The first-order valence-corrected chi connectivity index (χ1v) is 3.83. The minimum Gasteiger partial charge on any atom is -1.00 e. The van der Waals surface area contributed by atoms with Crippen molar-refractivity contribution in [2.45, 2.75) is 0 Å². The maximum Gasteiger partial charge on any atom is 0.213 e. The second kappa shape index (κ2) is 4.72. The van der Waals surface area contributed by atoms with Crippen LogP contribution in [0, 0.1) is 0 Å². The highest BCUT2D eigenvalue weighted by Crippen LogP contribution is 1.93. The Kier molecular flexibility index (Phi) is 3.58. The Labute approximate surface area is 87.7 Å². The van der Waals surface area contributed by atoms with Gasteiger partial charge in [0, 0.05) is 36.7 Å². The van der Waals surface area contributed by atoms with Crippen molar-refractivity contribution in [1.29, 1.82) is 0 Å². The van der Waals surface area contributed by atoms with Crippen molar-refractivity contribution in [2.24, 2.45) is 0 Å². The third-order valence-electron chi connectivity index (χ3n) is 1.68. The molecule has 2 nitrogen and oxygen atoms in total. The Bertz CT molecular complexity index is 310. The van der Waals surface area contributed by atoms with Crippen LogP contribution in [-0.4, -0.2) is 4.98 Å². The molecule has 2 aromatic heterocycles. The van der Waals surface area contributed by atoms with Crippen molar-refractivity contribution in [3.63, 3.8) is 0 Å². The van der Waals surface area contributed by atoms with Crippen molar-refractivity contribution in [3.05, 3.63) is 55.1 Å². The highest BCUT2D eigenvalue weighted by Gasteiger charge is 2.00. The van der Waals surface area contributed by atoms with Gasteiger partial charge in [-0.25, -0.2) is 0 Å². The van der Waals surface area contributed by atoms with Gasteiger partial charge in [-0.15, -0.1) is 0 Å². The molecule has 0 aliphatic carbocycles. The van der Waals surface area contributed by atoms with Crippen molar-refractivity contribution in [2.75, 3.05) is 0 Å². The van der Waals surface area contributed by atoms with Gasteiger partial charge in [0.2, 0.25) is 5.69 Å². The molecule has 2 aromatic rings. The molecule has 2 heterocycles. The van der Waals surface area contributed by atoms with Gasteiger partial charge in [-0.05, 0) is 0 Å². The lowest BCUT2D eigenvalue weighted by Crippen LogP contribution is -3.00. The lowest BCUT2D eigenvalue weighted by molar-refractivity contribution is -0.595. The van der Waals surface area contributed by atoms with Crippen LogP contribution in [0.15, 0.2) is 55.1 Å². The monoisotopic (exact) mass is 236 g/mol. The minimum absolute atomic E-state index is 0. The van der Waals surface area contributed by atoms with Crippen molar-refractivity contribution >= 4 is 0 Å². The first kappa shape index (κ1) is 9.86. The second-order valence-corrected chi connectivity index (χ2v) is 2.49. The molecular weight excluding hydrogens is 228 g/mol. The van der Waals surface area contributed by atoms with Gasteiger partial charge in [-0.1, -0.05) is 6.07 Å². The molecule has 0 aromatic carbocycles. The van der Waals surface area contributed by atoms with E-state index in [9.17, 15) is 0 Å². The van der Waals surface area contributed by atoms with Crippen molar-refractivity contribution in [1.82, 2.24) is 4.98 Å². The Morgan fingerprint density at radius 2 is 1.54 bits per heavy atom. The Morgan fingerprint density at radius 3 is 2.15 bits per heavy atom. The average Bonchev–Trinajstić information content (AvgIpc) is 2.21. The largest absolute Gasteiger partial charge is 1.00 e. The average molecular weight is 237 g/mol. The molecular formula is C10H9BrN2. The highest BCUT2D eigenvalue weighted by atomic mass is 79.9. The smallest absolute Gasteiger partial charge is 0.213 e. The van der Waals surface area contributed by atoms with Gasteiger partial charge in [0.15, 0.2) is 12.4 Å². The van der Waals surface area contributed by atoms with E-state index in [1.54, 1.807) is 12.4 Å². The number of hydrogen-bond donors (Lipinski definition) is 0. The van der Waals surface area contributed by atoms with Crippen LogP contribution in [0.5, 0.6) is 0 Å². The fraction of sp³-hybridized carbons (Fsp3) is 0. The van der Waals surface area contributed by atoms with E-state index in [2.05, 4.69) is 4.98 Å². The number of hydrogen-bond acceptors (Lipinski definition) is 1. The fourth-order valence-electron chi connectivity index (χ4n) is 1.09. The van der Waals surface area contributed by atoms with Crippen LogP contribution >= 0.6 is 0 Å². The summed E-state index contributed by atoms with van der Waals surface area (Å²) >= 11 is 0. The van der Waals surface area contributed by atoms with Crippen molar-refractivity contribution in [3.8, 4) is 5.69 Å². The SMILES string of the molecule is [Br-].c1cc[n+](-c2ccncc2)cc1. The van der Waals surface area contributed by atoms with Crippen LogP contribution in [0.2, 0.25) is 0 Å². The van der Waals surface area contributed by atoms with E-state index >= 15 is 0 Å². The molecule has 0 saturated heterocycles. The van der Waals surface area contributed by atoms with E-state index in [4.69, 9.17) is 0 Å². The predicted molar refractivity (Wildman–Crippen MR) is 45.8 cm³/mol. The topological polar surface area (TPSA) is 16.8 Å². The number of pyridine rings is 2. The minimum atomic E-state index is 0. The summed E-state index contributed by atoms with van der Waals surface area (Å²) < 4.78 is 2.04. The van der Waals surface area contributed by atoms with Crippen LogP contribution < -0.4 is 21.5 Å². The van der Waals surface area contributed by atoms with Gasteiger partial charge in [0.25, 0.3) is 0 Å². The number of halogens is 1. The number of aromatic nitrogens is 2. The highest BCUT2D eigenvalue weighted by molar-refractivity contribution is 5.17. The van der Waals surface area contributed by atoms with E-state index in [-0.39, 0.29) is 17.0 Å². The van der Waals surface area contributed by atoms with Gasteiger partial charge >= 0.3 is 0 Å². The lowest BCUT2D eigenvalue weighted by atomic mass is 10.4. The summed E-state index contributed by atoms with van der Waals surface area (Å²) in [5.41, 5.74) is 1.13. The molecule has 0 N–H and O–H groups in total. The van der Waals surface area contributed by atoms with E-state index in [0.717, 1.165) is 5.69 Å².